The Morgan fingerprint density at radius 2 is 1.65 bits per heavy atom. The van der Waals surface area contributed by atoms with E-state index >= 15 is 0 Å². The fraction of sp³-hybridized carbons (Fsp3) is 0.909. The van der Waals surface area contributed by atoms with Gasteiger partial charge < -0.3 is 10.2 Å². The molecule has 2 N–H and O–H groups in total. The van der Waals surface area contributed by atoms with E-state index < -0.39 is 18.2 Å². The van der Waals surface area contributed by atoms with E-state index in [1.54, 1.807) is 0 Å². The van der Waals surface area contributed by atoms with Gasteiger partial charge in [-0.05, 0) is 31.1 Å². The Kier molecular flexibility index (Phi) is 4.80. The Balaban J connectivity index is 2.30. The lowest BCUT2D eigenvalue weighted by atomic mass is 9.78. The third-order valence-corrected chi connectivity index (χ3v) is 3.36. The Hall–Kier alpha value is -0.780. The molecule has 0 aromatic rings. The van der Waals surface area contributed by atoms with Crippen LogP contribution in [0.1, 0.15) is 38.5 Å². The van der Waals surface area contributed by atoms with Gasteiger partial charge in [0.15, 0.2) is 0 Å². The molecular weight excluding hydrogens is 237 g/mol. The summed E-state index contributed by atoms with van der Waals surface area (Å²) in [5.74, 6) is -0.924. The normalized spacial score (nSPS) is 27.8. The lowest BCUT2D eigenvalue weighted by Crippen LogP contribution is -2.32. The average molecular weight is 254 g/mol. The molecule has 0 saturated heterocycles. The fourth-order valence-electron chi connectivity index (χ4n) is 2.37. The van der Waals surface area contributed by atoms with Crippen LogP contribution in [0, 0.1) is 11.8 Å². The molecule has 3 nitrogen and oxygen atoms in total. The number of alkyl halides is 3. The van der Waals surface area contributed by atoms with Gasteiger partial charge in [0.2, 0.25) is 0 Å². The van der Waals surface area contributed by atoms with Crippen molar-refractivity contribution in [2.75, 3.05) is 0 Å². The minimum atomic E-state index is -4.54. The van der Waals surface area contributed by atoms with E-state index in [9.17, 15) is 18.0 Å². The van der Waals surface area contributed by atoms with Crippen molar-refractivity contribution < 1.29 is 28.2 Å². The van der Waals surface area contributed by atoms with Gasteiger partial charge in [0, 0.05) is 6.42 Å². The van der Waals surface area contributed by atoms with Crippen molar-refractivity contribution in [3.8, 4) is 0 Å². The number of hydrogen-bond donors (Lipinski definition) is 2. The van der Waals surface area contributed by atoms with E-state index in [1.165, 1.54) is 0 Å². The maximum Gasteiger partial charge on any atom is 0.414 e. The van der Waals surface area contributed by atoms with Crippen LogP contribution in [0.3, 0.4) is 0 Å². The van der Waals surface area contributed by atoms with Gasteiger partial charge in [-0.3, -0.25) is 4.79 Å². The zero-order valence-corrected chi connectivity index (χ0v) is 9.41. The van der Waals surface area contributed by atoms with Crippen molar-refractivity contribution in [2.24, 2.45) is 11.8 Å². The van der Waals surface area contributed by atoms with E-state index in [-0.39, 0.29) is 24.7 Å². The maximum absolute atomic E-state index is 12.1. The SMILES string of the molecule is O=C(O)CC1CCC(CC(O)C(F)(F)F)CC1. The van der Waals surface area contributed by atoms with Crippen LogP contribution in [-0.4, -0.2) is 28.5 Å². The number of aliphatic hydroxyl groups is 1. The predicted molar refractivity (Wildman–Crippen MR) is 54.4 cm³/mol. The second-order valence-electron chi connectivity index (χ2n) is 4.78. The molecule has 1 saturated carbocycles. The Labute approximate surface area is 97.6 Å². The first-order valence-electron chi connectivity index (χ1n) is 5.75. The minimum Gasteiger partial charge on any atom is -0.481 e. The standard InChI is InChI=1S/C11H17F3O3/c12-11(13,14)9(15)5-7-1-3-8(4-2-7)6-10(16)17/h7-9,15H,1-6H2,(H,16,17). The minimum absolute atomic E-state index is 0.0757. The van der Waals surface area contributed by atoms with Gasteiger partial charge in [0.1, 0.15) is 6.10 Å². The zero-order valence-electron chi connectivity index (χ0n) is 9.41. The molecule has 0 aromatic carbocycles. The van der Waals surface area contributed by atoms with Crippen molar-refractivity contribution in [3.05, 3.63) is 0 Å². The highest BCUT2D eigenvalue weighted by molar-refractivity contribution is 5.67. The topological polar surface area (TPSA) is 57.5 Å². The van der Waals surface area contributed by atoms with Crippen LogP contribution in [-0.2, 0) is 4.79 Å². The molecule has 100 valence electrons. The van der Waals surface area contributed by atoms with Crippen LogP contribution in [0.2, 0.25) is 0 Å². The van der Waals surface area contributed by atoms with Crippen molar-refractivity contribution in [2.45, 2.75) is 50.8 Å². The number of carboxylic acid groups (broad SMARTS) is 1. The van der Waals surface area contributed by atoms with Crippen molar-refractivity contribution in [1.29, 1.82) is 0 Å². The molecule has 0 heterocycles. The van der Waals surface area contributed by atoms with E-state index in [1.807, 2.05) is 0 Å². The van der Waals surface area contributed by atoms with Gasteiger partial charge >= 0.3 is 12.1 Å². The van der Waals surface area contributed by atoms with Gasteiger partial charge in [0.25, 0.3) is 0 Å². The number of carbonyl (C=O) groups is 1. The van der Waals surface area contributed by atoms with Gasteiger partial charge in [-0.1, -0.05) is 12.8 Å². The third-order valence-electron chi connectivity index (χ3n) is 3.36. The Morgan fingerprint density at radius 1 is 1.18 bits per heavy atom. The molecule has 0 amide bonds. The summed E-state index contributed by atoms with van der Waals surface area (Å²) in [5, 5.41) is 17.5. The summed E-state index contributed by atoms with van der Waals surface area (Å²) in [6.45, 7) is 0. The van der Waals surface area contributed by atoms with Gasteiger partial charge in [-0.15, -0.1) is 0 Å². The summed E-state index contributed by atoms with van der Waals surface area (Å²) in [5.41, 5.74) is 0. The fourth-order valence-corrected chi connectivity index (χ4v) is 2.37. The van der Waals surface area contributed by atoms with E-state index in [2.05, 4.69) is 0 Å². The zero-order chi connectivity index (χ0) is 13.1. The van der Waals surface area contributed by atoms with E-state index in [0.29, 0.717) is 25.7 Å². The first-order valence-corrected chi connectivity index (χ1v) is 5.75. The highest BCUT2D eigenvalue weighted by Gasteiger charge is 2.39. The Bertz CT molecular complexity index is 257. The maximum atomic E-state index is 12.1. The van der Waals surface area contributed by atoms with Crippen molar-refractivity contribution >= 4 is 5.97 Å². The number of aliphatic carboxylic acids is 1. The number of hydrogen-bond acceptors (Lipinski definition) is 2. The number of aliphatic hydroxyl groups excluding tert-OH is 1. The van der Waals surface area contributed by atoms with E-state index in [4.69, 9.17) is 10.2 Å². The summed E-state index contributed by atoms with van der Waals surface area (Å²) in [6.07, 6.45) is -4.53. The monoisotopic (exact) mass is 254 g/mol. The van der Waals surface area contributed by atoms with E-state index in [0.717, 1.165) is 0 Å². The van der Waals surface area contributed by atoms with Crippen LogP contribution in [0.25, 0.3) is 0 Å². The molecule has 0 radical (unpaired) electrons. The molecule has 1 aliphatic carbocycles. The Morgan fingerprint density at radius 3 is 2.06 bits per heavy atom. The molecular formula is C11H17F3O3. The largest absolute Gasteiger partial charge is 0.481 e. The summed E-state index contributed by atoms with van der Waals surface area (Å²) < 4.78 is 36.4. The molecule has 0 aliphatic heterocycles. The highest BCUT2D eigenvalue weighted by Crippen LogP contribution is 2.35. The molecule has 6 heteroatoms. The van der Waals surface area contributed by atoms with Crippen LogP contribution in [0.5, 0.6) is 0 Å². The number of carboxylic acids is 1. The molecule has 0 bridgehead atoms. The van der Waals surface area contributed by atoms with Crippen molar-refractivity contribution in [3.63, 3.8) is 0 Å². The second-order valence-corrected chi connectivity index (χ2v) is 4.78. The number of halogens is 3. The van der Waals surface area contributed by atoms with Crippen LogP contribution >= 0.6 is 0 Å². The van der Waals surface area contributed by atoms with Crippen LogP contribution in [0.15, 0.2) is 0 Å². The highest BCUT2D eigenvalue weighted by atomic mass is 19.4. The third kappa shape index (κ3) is 4.93. The van der Waals surface area contributed by atoms with Gasteiger partial charge in [0.05, 0.1) is 0 Å². The molecule has 0 aromatic heterocycles. The molecule has 1 aliphatic rings. The van der Waals surface area contributed by atoms with Crippen molar-refractivity contribution in [1.82, 2.24) is 0 Å². The lowest BCUT2D eigenvalue weighted by molar-refractivity contribution is -0.209. The summed E-state index contributed by atoms with van der Waals surface area (Å²) in [6, 6.07) is 0. The second kappa shape index (κ2) is 5.71. The average Bonchev–Trinajstić information content (AvgIpc) is 2.18. The molecule has 0 spiro atoms. The molecule has 1 unspecified atom stereocenters. The summed E-state index contributed by atoms with van der Waals surface area (Å²) in [4.78, 5) is 10.5. The number of rotatable bonds is 4. The first kappa shape index (κ1) is 14.3. The molecule has 17 heavy (non-hydrogen) atoms. The smallest absolute Gasteiger partial charge is 0.414 e. The predicted octanol–water partition coefficient (Wildman–Crippen LogP) is 2.58. The molecule has 1 atom stereocenters. The van der Waals surface area contributed by atoms with Crippen LogP contribution < -0.4 is 0 Å². The molecule has 1 rings (SSSR count). The quantitative estimate of drug-likeness (QED) is 0.810. The first-order chi connectivity index (χ1) is 7.79. The van der Waals surface area contributed by atoms with Gasteiger partial charge in [-0.2, -0.15) is 13.2 Å². The van der Waals surface area contributed by atoms with Gasteiger partial charge in [-0.25, -0.2) is 0 Å². The van der Waals surface area contributed by atoms with Crippen LogP contribution in [0.4, 0.5) is 13.2 Å². The lowest BCUT2D eigenvalue weighted by Gasteiger charge is -2.29. The summed E-state index contributed by atoms with van der Waals surface area (Å²) in [7, 11) is 0. The summed E-state index contributed by atoms with van der Waals surface area (Å²) >= 11 is 0. The molecule has 1 fully saturated rings.